The molecule has 6 heterocycles. The van der Waals surface area contributed by atoms with Gasteiger partial charge < -0.3 is 0 Å². The van der Waals surface area contributed by atoms with E-state index in [1.165, 1.54) is 153 Å². The predicted octanol–water partition coefficient (Wildman–Crippen LogP) is 6.83. The number of fused-ring (bicyclic) bond motifs is 8. The third-order valence-corrected chi connectivity index (χ3v) is 13.4. The van der Waals surface area contributed by atoms with Crippen molar-refractivity contribution in [1.82, 2.24) is 39.2 Å². The van der Waals surface area contributed by atoms with Gasteiger partial charge in [-0.15, -0.1) is 0 Å². The second-order valence-corrected chi connectivity index (χ2v) is 16.8. The van der Waals surface area contributed by atoms with Gasteiger partial charge in [0.25, 0.3) is 0 Å². The predicted molar refractivity (Wildman–Crippen MR) is 228 cm³/mol. The van der Waals surface area contributed by atoms with E-state index in [2.05, 4.69) is 161 Å². The van der Waals surface area contributed by atoms with Crippen LogP contribution in [0.15, 0.2) is 121 Å². The molecule has 4 aromatic rings. The topological polar surface area (TPSA) is 25.9 Å². The average molecular weight is 753 g/mol. The van der Waals surface area contributed by atoms with Gasteiger partial charge in [0.1, 0.15) is 0 Å². The van der Waals surface area contributed by atoms with Gasteiger partial charge in [-0.25, -0.2) is 0 Å². The van der Waals surface area contributed by atoms with Crippen molar-refractivity contribution in [3.8, 4) is 0 Å². The van der Waals surface area contributed by atoms with E-state index in [4.69, 9.17) is 0 Å². The summed E-state index contributed by atoms with van der Waals surface area (Å²) in [4.78, 5) is 21.7. The molecule has 10 rings (SSSR count). The minimum absolute atomic E-state index is 0.466. The molecule has 6 fully saturated rings. The van der Waals surface area contributed by atoms with Crippen molar-refractivity contribution >= 4 is 0 Å². The van der Waals surface area contributed by atoms with Crippen LogP contribution in [-0.4, -0.2) is 144 Å². The van der Waals surface area contributed by atoms with Crippen molar-refractivity contribution in [2.24, 2.45) is 0 Å². The number of hydrogen-bond acceptors (Lipinski definition) is 8. The Hall–Kier alpha value is -3.44. The van der Waals surface area contributed by atoms with Gasteiger partial charge >= 0.3 is 0 Å². The molecule has 8 nitrogen and oxygen atoms in total. The number of rotatable bonds is 4. The van der Waals surface area contributed by atoms with Gasteiger partial charge in [-0.2, -0.15) is 0 Å². The van der Waals surface area contributed by atoms with E-state index in [9.17, 15) is 0 Å². The highest BCUT2D eigenvalue weighted by atomic mass is 15.5. The molecule has 8 bridgehead atoms. The fourth-order valence-corrected chi connectivity index (χ4v) is 10.9. The molecule has 296 valence electrons. The van der Waals surface area contributed by atoms with E-state index in [0.29, 0.717) is 24.7 Å². The van der Waals surface area contributed by atoms with Crippen molar-refractivity contribution in [1.29, 1.82) is 0 Å². The molecule has 0 spiro atoms. The van der Waals surface area contributed by atoms with E-state index >= 15 is 0 Å². The molecule has 56 heavy (non-hydrogen) atoms. The van der Waals surface area contributed by atoms with E-state index in [0.717, 1.165) is 0 Å². The smallest absolute Gasteiger partial charge is 0.0887 e. The summed E-state index contributed by atoms with van der Waals surface area (Å²) >= 11 is 0. The summed E-state index contributed by atoms with van der Waals surface area (Å²) in [6.07, 6.45) is 6.84. The molecule has 6 aliphatic rings. The van der Waals surface area contributed by atoms with Crippen LogP contribution in [0.3, 0.4) is 0 Å². The summed E-state index contributed by atoms with van der Waals surface area (Å²) in [5.41, 5.74) is 5.84. The highest BCUT2D eigenvalue weighted by Crippen LogP contribution is 2.36. The summed E-state index contributed by atoms with van der Waals surface area (Å²) in [6.45, 7) is 19.1. The summed E-state index contributed by atoms with van der Waals surface area (Å²) in [5, 5.41) is 0. The molecule has 0 N–H and O–H groups in total. The van der Waals surface area contributed by atoms with Crippen molar-refractivity contribution in [2.45, 2.75) is 50.3 Å². The minimum Gasteiger partial charge on any atom is -0.283 e. The Labute approximate surface area is 336 Å². The first-order valence-electron chi connectivity index (χ1n) is 21.9. The van der Waals surface area contributed by atoms with Crippen LogP contribution in [0.4, 0.5) is 0 Å². The fraction of sp³-hybridized carbons (Fsp3) is 0.500. The standard InChI is InChI=1S/2C24H32N4/c2*1-3-9-21(10-4-1)23-25-13-7-15-27-19-20-28(16-8-14-26(23)18-17-25)24(27)22-11-5-2-6-12-22/h2*1-6,9-12,23-24H,7-8,13-20H2. The Bertz CT molecular complexity index is 1450. The Balaban J connectivity index is 0.000000146. The maximum Gasteiger partial charge on any atom is 0.0887 e. The molecule has 6 saturated heterocycles. The molecular formula is C48H64N8. The zero-order valence-electron chi connectivity index (χ0n) is 33.6. The summed E-state index contributed by atoms with van der Waals surface area (Å²) in [5.74, 6) is 0. The van der Waals surface area contributed by atoms with E-state index in [-0.39, 0.29) is 0 Å². The number of hydrogen-bond donors (Lipinski definition) is 0. The molecule has 8 heteroatoms. The Morgan fingerprint density at radius 1 is 0.214 bits per heavy atom. The van der Waals surface area contributed by atoms with E-state index in [1.54, 1.807) is 0 Å². The van der Waals surface area contributed by atoms with E-state index in [1.807, 2.05) is 0 Å². The third-order valence-electron chi connectivity index (χ3n) is 13.4. The van der Waals surface area contributed by atoms with Gasteiger partial charge in [0.2, 0.25) is 0 Å². The van der Waals surface area contributed by atoms with Crippen molar-refractivity contribution in [3.05, 3.63) is 144 Å². The highest BCUT2D eigenvalue weighted by molar-refractivity contribution is 5.23. The largest absolute Gasteiger partial charge is 0.283 e. The van der Waals surface area contributed by atoms with Crippen molar-refractivity contribution in [3.63, 3.8) is 0 Å². The molecule has 6 aliphatic heterocycles. The van der Waals surface area contributed by atoms with Crippen LogP contribution in [0.1, 0.15) is 72.6 Å². The Morgan fingerprint density at radius 3 is 0.536 bits per heavy atom. The summed E-state index contributed by atoms with van der Waals surface area (Å²) < 4.78 is 0. The zero-order chi connectivity index (χ0) is 37.5. The molecule has 8 unspecified atom stereocenters. The molecule has 0 radical (unpaired) electrons. The zero-order valence-corrected chi connectivity index (χ0v) is 33.6. The first-order valence-corrected chi connectivity index (χ1v) is 21.9. The quantitative estimate of drug-likeness (QED) is 0.224. The second kappa shape index (κ2) is 18.4. The Kier molecular flexibility index (Phi) is 12.5. The van der Waals surface area contributed by atoms with Crippen LogP contribution in [-0.2, 0) is 0 Å². The lowest BCUT2D eigenvalue weighted by Crippen LogP contribution is -2.37. The molecule has 4 aromatic carbocycles. The Morgan fingerprint density at radius 2 is 0.375 bits per heavy atom. The fourth-order valence-electron chi connectivity index (χ4n) is 10.9. The van der Waals surface area contributed by atoms with Gasteiger partial charge in [0.05, 0.1) is 24.7 Å². The first kappa shape index (κ1) is 38.1. The molecule has 8 atom stereocenters. The average Bonchev–Trinajstić information content (AvgIpc) is 4.05. The molecule has 0 aromatic heterocycles. The summed E-state index contributed by atoms with van der Waals surface area (Å²) in [7, 11) is 0. The lowest BCUT2D eigenvalue weighted by molar-refractivity contribution is 0.0928. The first-order chi connectivity index (χ1) is 27.8. The van der Waals surface area contributed by atoms with Crippen LogP contribution in [0, 0.1) is 0 Å². The highest BCUT2D eigenvalue weighted by Gasteiger charge is 2.38. The maximum absolute atomic E-state index is 2.71. The lowest BCUT2D eigenvalue weighted by Gasteiger charge is -2.35. The number of benzene rings is 4. The molecular weight excluding hydrogens is 689 g/mol. The second-order valence-electron chi connectivity index (χ2n) is 16.8. The normalized spacial score (nSPS) is 35.9. The molecule has 0 saturated carbocycles. The van der Waals surface area contributed by atoms with Gasteiger partial charge in [-0.05, 0) is 47.9 Å². The van der Waals surface area contributed by atoms with Crippen LogP contribution in [0.25, 0.3) is 0 Å². The lowest BCUT2D eigenvalue weighted by atomic mass is 10.1. The van der Waals surface area contributed by atoms with Crippen LogP contribution >= 0.6 is 0 Å². The van der Waals surface area contributed by atoms with Crippen LogP contribution in [0.5, 0.6) is 0 Å². The number of nitrogens with zero attached hydrogens (tertiary/aromatic N) is 8. The van der Waals surface area contributed by atoms with Gasteiger partial charge in [-0.3, -0.25) is 39.2 Å². The van der Waals surface area contributed by atoms with Crippen molar-refractivity contribution < 1.29 is 0 Å². The van der Waals surface area contributed by atoms with Gasteiger partial charge in [0, 0.05) is 105 Å². The third kappa shape index (κ3) is 8.54. The SMILES string of the molecule is c1ccc(C2N3CCCN4CCN(CCCN2CC3)C4c2ccccc2)cc1.c1ccc(C2N3CCCN4CCN(CCCN2CC3)C4c2ccccc2)cc1. The molecule has 0 amide bonds. The van der Waals surface area contributed by atoms with Crippen molar-refractivity contribution in [2.75, 3.05) is 105 Å². The van der Waals surface area contributed by atoms with Crippen LogP contribution in [0.2, 0.25) is 0 Å². The van der Waals surface area contributed by atoms with Gasteiger partial charge in [0.15, 0.2) is 0 Å². The minimum atomic E-state index is 0.466. The van der Waals surface area contributed by atoms with Gasteiger partial charge in [-0.1, -0.05) is 121 Å². The summed E-state index contributed by atoms with van der Waals surface area (Å²) in [6, 6.07) is 44.5. The maximum atomic E-state index is 2.71. The molecule has 0 aliphatic carbocycles. The monoisotopic (exact) mass is 753 g/mol. The van der Waals surface area contributed by atoms with E-state index < -0.39 is 0 Å². The van der Waals surface area contributed by atoms with Crippen LogP contribution < -0.4 is 0 Å².